The molecule has 3 unspecified atom stereocenters. The average molecular weight is 215 g/mol. The van der Waals surface area contributed by atoms with Gasteiger partial charge in [-0.15, -0.1) is 0 Å². The summed E-state index contributed by atoms with van der Waals surface area (Å²) in [4.78, 5) is 0. The summed E-state index contributed by atoms with van der Waals surface area (Å²) >= 11 is 0. The first kappa shape index (κ1) is 12.9. The lowest BCUT2D eigenvalue weighted by molar-refractivity contribution is -0.114. The van der Waals surface area contributed by atoms with E-state index < -0.39 is 0 Å². The third-order valence-electron chi connectivity index (χ3n) is 3.98. The van der Waals surface area contributed by atoms with Gasteiger partial charge in [-0.3, -0.25) is 0 Å². The van der Waals surface area contributed by atoms with Crippen LogP contribution in [-0.2, 0) is 4.74 Å². The molecule has 0 bridgehead atoms. The van der Waals surface area contributed by atoms with Crippen molar-refractivity contribution in [3.63, 3.8) is 0 Å². The van der Waals surface area contributed by atoms with Gasteiger partial charge in [0.1, 0.15) is 0 Å². The molecule has 3 nitrogen and oxygen atoms in total. The van der Waals surface area contributed by atoms with Crippen LogP contribution in [0.1, 0.15) is 39.5 Å². The number of nitrogens with two attached hydrogens (primary N) is 1. The van der Waals surface area contributed by atoms with E-state index in [1.54, 1.807) is 0 Å². The minimum Gasteiger partial charge on any atom is -0.396 e. The standard InChI is InChI=1S/C12H25NO2/c1-10-5-3-6-12(9-13,11(10)2)15-8-4-7-14/h10-11,14H,3-9,13H2,1-2H3. The summed E-state index contributed by atoms with van der Waals surface area (Å²) in [6, 6.07) is 0. The van der Waals surface area contributed by atoms with E-state index in [1.165, 1.54) is 12.8 Å². The second kappa shape index (κ2) is 5.83. The van der Waals surface area contributed by atoms with Gasteiger partial charge in [0.05, 0.1) is 5.60 Å². The van der Waals surface area contributed by atoms with Crippen molar-refractivity contribution in [2.45, 2.75) is 45.1 Å². The molecule has 0 spiro atoms. The van der Waals surface area contributed by atoms with Gasteiger partial charge in [-0.25, -0.2) is 0 Å². The highest BCUT2D eigenvalue weighted by Gasteiger charge is 2.41. The van der Waals surface area contributed by atoms with E-state index in [1.807, 2.05) is 0 Å². The molecule has 0 aromatic rings. The highest BCUT2D eigenvalue weighted by atomic mass is 16.5. The topological polar surface area (TPSA) is 55.5 Å². The summed E-state index contributed by atoms with van der Waals surface area (Å²) < 4.78 is 5.96. The molecule has 0 aromatic carbocycles. The minimum absolute atomic E-state index is 0.132. The molecule has 3 atom stereocenters. The van der Waals surface area contributed by atoms with Crippen LogP contribution in [0.2, 0.25) is 0 Å². The maximum absolute atomic E-state index is 8.76. The van der Waals surface area contributed by atoms with Crippen molar-refractivity contribution < 1.29 is 9.84 Å². The fraction of sp³-hybridized carbons (Fsp3) is 1.00. The fourth-order valence-corrected chi connectivity index (χ4v) is 2.61. The monoisotopic (exact) mass is 215 g/mol. The van der Waals surface area contributed by atoms with Gasteiger partial charge in [0, 0.05) is 19.8 Å². The Labute approximate surface area is 93.0 Å². The lowest BCUT2D eigenvalue weighted by Gasteiger charge is -2.45. The van der Waals surface area contributed by atoms with Crippen molar-refractivity contribution in [3.8, 4) is 0 Å². The third-order valence-corrected chi connectivity index (χ3v) is 3.98. The molecule has 0 amide bonds. The highest BCUT2D eigenvalue weighted by molar-refractivity contribution is 4.93. The van der Waals surface area contributed by atoms with E-state index in [-0.39, 0.29) is 12.2 Å². The van der Waals surface area contributed by atoms with Gasteiger partial charge in [-0.1, -0.05) is 26.7 Å². The summed E-state index contributed by atoms with van der Waals surface area (Å²) in [5.74, 6) is 1.21. The number of aliphatic hydroxyl groups is 1. The van der Waals surface area contributed by atoms with Crippen LogP contribution < -0.4 is 5.73 Å². The molecule has 1 aliphatic rings. The molecular weight excluding hydrogens is 190 g/mol. The van der Waals surface area contributed by atoms with Crippen LogP contribution in [-0.4, -0.2) is 30.5 Å². The van der Waals surface area contributed by atoms with Crippen molar-refractivity contribution in [2.75, 3.05) is 19.8 Å². The van der Waals surface area contributed by atoms with Crippen molar-refractivity contribution in [1.29, 1.82) is 0 Å². The van der Waals surface area contributed by atoms with Gasteiger partial charge >= 0.3 is 0 Å². The Bertz CT molecular complexity index is 186. The van der Waals surface area contributed by atoms with Crippen LogP contribution in [0, 0.1) is 11.8 Å². The maximum atomic E-state index is 8.76. The van der Waals surface area contributed by atoms with Crippen molar-refractivity contribution in [3.05, 3.63) is 0 Å². The molecule has 1 rings (SSSR count). The lowest BCUT2D eigenvalue weighted by Crippen LogP contribution is -2.51. The minimum atomic E-state index is -0.132. The van der Waals surface area contributed by atoms with Gasteiger partial charge in [-0.2, -0.15) is 0 Å². The van der Waals surface area contributed by atoms with E-state index in [0.29, 0.717) is 31.4 Å². The zero-order chi connectivity index (χ0) is 11.3. The normalized spacial score (nSPS) is 36.8. The highest BCUT2D eigenvalue weighted by Crippen LogP contribution is 2.39. The average Bonchev–Trinajstić information content (AvgIpc) is 2.25. The van der Waals surface area contributed by atoms with E-state index in [2.05, 4.69) is 13.8 Å². The van der Waals surface area contributed by atoms with E-state index in [9.17, 15) is 0 Å². The maximum Gasteiger partial charge on any atom is 0.0831 e. The van der Waals surface area contributed by atoms with Gasteiger partial charge in [0.2, 0.25) is 0 Å². The summed E-state index contributed by atoms with van der Waals surface area (Å²) in [6.45, 7) is 5.96. The van der Waals surface area contributed by atoms with Gasteiger partial charge in [0.25, 0.3) is 0 Å². The third kappa shape index (κ3) is 2.92. The van der Waals surface area contributed by atoms with Crippen LogP contribution in [0.4, 0.5) is 0 Å². The molecule has 0 saturated heterocycles. The van der Waals surface area contributed by atoms with Gasteiger partial charge in [-0.05, 0) is 24.7 Å². The van der Waals surface area contributed by atoms with Crippen LogP contribution in [0.15, 0.2) is 0 Å². The molecule has 1 saturated carbocycles. The fourth-order valence-electron chi connectivity index (χ4n) is 2.61. The molecule has 0 aliphatic heterocycles. The molecule has 0 radical (unpaired) electrons. The SMILES string of the molecule is CC1CCCC(CN)(OCCCO)C1C. The number of hydrogen-bond acceptors (Lipinski definition) is 3. The molecule has 15 heavy (non-hydrogen) atoms. The summed E-state index contributed by atoms with van der Waals surface area (Å²) in [5.41, 5.74) is 5.75. The predicted octanol–water partition coefficient (Wildman–Crippen LogP) is 1.54. The zero-order valence-corrected chi connectivity index (χ0v) is 10.0. The second-order valence-corrected chi connectivity index (χ2v) is 4.85. The Kier molecular flexibility index (Phi) is 5.03. The Hall–Kier alpha value is -0.120. The van der Waals surface area contributed by atoms with Gasteiger partial charge < -0.3 is 15.6 Å². The number of rotatable bonds is 5. The van der Waals surface area contributed by atoms with Crippen LogP contribution >= 0.6 is 0 Å². The largest absolute Gasteiger partial charge is 0.396 e. The predicted molar refractivity (Wildman–Crippen MR) is 61.6 cm³/mol. The zero-order valence-electron chi connectivity index (χ0n) is 10.0. The van der Waals surface area contributed by atoms with Crippen LogP contribution in [0.3, 0.4) is 0 Å². The van der Waals surface area contributed by atoms with Crippen LogP contribution in [0.5, 0.6) is 0 Å². The molecule has 3 N–H and O–H groups in total. The summed E-state index contributed by atoms with van der Waals surface area (Å²) in [7, 11) is 0. The van der Waals surface area contributed by atoms with E-state index >= 15 is 0 Å². The first-order valence-electron chi connectivity index (χ1n) is 6.11. The Balaban J connectivity index is 2.56. The molecule has 0 heterocycles. The molecule has 3 heteroatoms. The lowest BCUT2D eigenvalue weighted by atomic mass is 9.70. The molecule has 1 aliphatic carbocycles. The van der Waals surface area contributed by atoms with Crippen molar-refractivity contribution >= 4 is 0 Å². The van der Waals surface area contributed by atoms with Crippen molar-refractivity contribution in [1.82, 2.24) is 0 Å². The number of hydrogen-bond donors (Lipinski definition) is 2. The summed E-state index contributed by atoms with van der Waals surface area (Å²) in [5, 5.41) is 8.76. The van der Waals surface area contributed by atoms with Gasteiger partial charge in [0.15, 0.2) is 0 Å². The molecule has 0 aromatic heterocycles. The van der Waals surface area contributed by atoms with E-state index in [0.717, 1.165) is 6.42 Å². The smallest absolute Gasteiger partial charge is 0.0831 e. The van der Waals surface area contributed by atoms with E-state index in [4.69, 9.17) is 15.6 Å². The Morgan fingerprint density at radius 1 is 1.47 bits per heavy atom. The first-order chi connectivity index (χ1) is 7.16. The Morgan fingerprint density at radius 2 is 2.20 bits per heavy atom. The number of aliphatic hydroxyl groups excluding tert-OH is 1. The van der Waals surface area contributed by atoms with Crippen LogP contribution in [0.25, 0.3) is 0 Å². The first-order valence-corrected chi connectivity index (χ1v) is 6.11. The summed E-state index contributed by atoms with van der Waals surface area (Å²) in [6.07, 6.45) is 4.28. The second-order valence-electron chi connectivity index (χ2n) is 4.85. The number of ether oxygens (including phenoxy) is 1. The molecular formula is C12H25NO2. The quantitative estimate of drug-likeness (QED) is 0.684. The molecule has 1 fully saturated rings. The Morgan fingerprint density at radius 3 is 2.80 bits per heavy atom. The van der Waals surface area contributed by atoms with Crippen molar-refractivity contribution in [2.24, 2.45) is 17.6 Å². The molecule has 90 valence electrons.